The second-order valence-corrected chi connectivity index (χ2v) is 9.24. The number of amides is 1. The number of rotatable bonds is 9. The fourth-order valence-electron chi connectivity index (χ4n) is 3.30. The lowest BCUT2D eigenvalue weighted by atomic mass is 10.1. The molecule has 9 heteroatoms. The van der Waals surface area contributed by atoms with E-state index >= 15 is 0 Å². The van der Waals surface area contributed by atoms with Gasteiger partial charge in [0.1, 0.15) is 11.6 Å². The van der Waals surface area contributed by atoms with Crippen molar-refractivity contribution in [2.75, 3.05) is 18.4 Å². The Balaban J connectivity index is 2.16. The lowest BCUT2D eigenvalue weighted by molar-refractivity contribution is -0.117. The Morgan fingerprint density at radius 1 is 1.06 bits per heavy atom. The number of carbonyl (C=O) groups excluding carboxylic acids is 1. The van der Waals surface area contributed by atoms with Gasteiger partial charge in [-0.05, 0) is 44.5 Å². The summed E-state index contributed by atoms with van der Waals surface area (Å²) in [5.74, 6) is -1.78. The van der Waals surface area contributed by atoms with E-state index < -0.39 is 39.6 Å². The minimum atomic E-state index is -3.68. The van der Waals surface area contributed by atoms with E-state index in [1.807, 2.05) is 0 Å². The molecule has 170 valence electrons. The molecule has 0 aliphatic rings. The van der Waals surface area contributed by atoms with Crippen molar-refractivity contribution in [2.45, 2.75) is 51.6 Å². The van der Waals surface area contributed by atoms with E-state index in [2.05, 4.69) is 10.6 Å². The van der Waals surface area contributed by atoms with Crippen LogP contribution in [0.25, 0.3) is 0 Å². The number of hydrogen-bond donors (Lipinski definition) is 2. The topological polar surface area (TPSA) is 78.5 Å². The van der Waals surface area contributed by atoms with Crippen LogP contribution in [0.1, 0.15) is 44.9 Å². The lowest BCUT2D eigenvalue weighted by Gasteiger charge is -2.22. The zero-order valence-electron chi connectivity index (χ0n) is 18.4. The molecule has 0 aliphatic carbocycles. The molecule has 2 aromatic rings. The highest BCUT2D eigenvalue weighted by Gasteiger charge is 2.25. The van der Waals surface area contributed by atoms with Crippen LogP contribution in [0.3, 0.4) is 0 Å². The third-order valence-corrected chi connectivity index (χ3v) is 7.29. The van der Waals surface area contributed by atoms with Crippen LogP contribution in [0.15, 0.2) is 41.3 Å². The van der Waals surface area contributed by atoms with Gasteiger partial charge in [-0.15, -0.1) is 0 Å². The van der Waals surface area contributed by atoms with Crippen molar-refractivity contribution in [3.63, 3.8) is 0 Å². The average Bonchev–Trinajstić information content (AvgIpc) is 2.69. The largest absolute Gasteiger partial charge is 0.325 e. The number of benzene rings is 2. The van der Waals surface area contributed by atoms with Crippen LogP contribution >= 0.6 is 0 Å². The van der Waals surface area contributed by atoms with Crippen LogP contribution in [0.5, 0.6) is 0 Å². The maximum Gasteiger partial charge on any atom is 0.243 e. The lowest BCUT2D eigenvalue weighted by Crippen LogP contribution is -2.39. The molecule has 0 radical (unpaired) electrons. The summed E-state index contributed by atoms with van der Waals surface area (Å²) in [5, 5.41) is 5.67. The standard InChI is InChI=1S/C22H29F2N3O3S/c1-6-27(7-2)31(29,30)21-13-18(10-8-14(21)3)26-22(28)16(5)25-15(4)19-11-9-17(23)12-20(19)24/h8-13,15-16,25H,6-7H2,1-5H3,(H,26,28)/t15-,16-/m0/s1. The van der Waals surface area contributed by atoms with E-state index in [1.54, 1.807) is 46.8 Å². The number of halogens is 2. The van der Waals surface area contributed by atoms with Crippen molar-refractivity contribution in [2.24, 2.45) is 0 Å². The number of aryl methyl sites for hydroxylation is 1. The highest BCUT2D eigenvalue weighted by atomic mass is 32.2. The van der Waals surface area contributed by atoms with E-state index in [9.17, 15) is 22.0 Å². The maximum absolute atomic E-state index is 14.0. The summed E-state index contributed by atoms with van der Waals surface area (Å²) in [5.41, 5.74) is 1.16. The van der Waals surface area contributed by atoms with Crippen molar-refractivity contribution >= 4 is 21.6 Å². The van der Waals surface area contributed by atoms with Crippen molar-refractivity contribution in [3.8, 4) is 0 Å². The van der Waals surface area contributed by atoms with Crippen molar-refractivity contribution in [1.29, 1.82) is 0 Å². The molecule has 0 spiro atoms. The van der Waals surface area contributed by atoms with Gasteiger partial charge in [0.15, 0.2) is 0 Å². The molecule has 0 aromatic heterocycles. The van der Waals surface area contributed by atoms with E-state index in [1.165, 1.54) is 16.4 Å². The summed E-state index contributed by atoms with van der Waals surface area (Å²) in [4.78, 5) is 12.8. The molecule has 0 aliphatic heterocycles. The van der Waals surface area contributed by atoms with E-state index in [0.29, 0.717) is 24.3 Å². The Hall–Kier alpha value is -2.36. The SMILES string of the molecule is CCN(CC)S(=O)(=O)c1cc(NC(=O)[C@H](C)N[C@@H](C)c2ccc(F)cc2F)ccc1C. The molecular formula is C22H29F2N3O3S. The Kier molecular flexibility index (Phi) is 8.27. The number of nitrogens with zero attached hydrogens (tertiary/aromatic N) is 1. The molecule has 0 bridgehead atoms. The van der Waals surface area contributed by atoms with Crippen LogP contribution < -0.4 is 10.6 Å². The fourth-order valence-corrected chi connectivity index (χ4v) is 5.01. The Morgan fingerprint density at radius 2 is 1.71 bits per heavy atom. The summed E-state index contributed by atoms with van der Waals surface area (Å²) < 4.78 is 54.2. The summed E-state index contributed by atoms with van der Waals surface area (Å²) in [6, 6.07) is 6.73. The molecule has 1 amide bonds. The predicted molar refractivity (Wildman–Crippen MR) is 117 cm³/mol. The first kappa shape index (κ1) is 24.9. The second kappa shape index (κ2) is 10.3. The number of sulfonamides is 1. The van der Waals surface area contributed by atoms with Crippen molar-refractivity contribution < 1.29 is 22.0 Å². The molecule has 0 unspecified atom stereocenters. The van der Waals surface area contributed by atoms with Gasteiger partial charge in [0.2, 0.25) is 15.9 Å². The van der Waals surface area contributed by atoms with E-state index in [0.717, 1.165) is 12.1 Å². The summed E-state index contributed by atoms with van der Waals surface area (Å²) in [7, 11) is -3.68. The quantitative estimate of drug-likeness (QED) is 0.602. The minimum absolute atomic E-state index is 0.136. The first-order chi connectivity index (χ1) is 14.5. The highest BCUT2D eigenvalue weighted by molar-refractivity contribution is 7.89. The van der Waals surface area contributed by atoms with Gasteiger partial charge in [0, 0.05) is 36.4 Å². The van der Waals surface area contributed by atoms with Crippen LogP contribution in [0.4, 0.5) is 14.5 Å². The first-order valence-electron chi connectivity index (χ1n) is 10.1. The molecule has 31 heavy (non-hydrogen) atoms. The molecule has 2 atom stereocenters. The highest BCUT2D eigenvalue weighted by Crippen LogP contribution is 2.24. The molecule has 2 N–H and O–H groups in total. The van der Waals surface area contributed by atoms with E-state index in [4.69, 9.17) is 0 Å². The van der Waals surface area contributed by atoms with Gasteiger partial charge in [-0.3, -0.25) is 10.1 Å². The smallest absolute Gasteiger partial charge is 0.243 e. The van der Waals surface area contributed by atoms with Gasteiger partial charge in [-0.1, -0.05) is 26.0 Å². The van der Waals surface area contributed by atoms with E-state index in [-0.39, 0.29) is 10.5 Å². The van der Waals surface area contributed by atoms with Gasteiger partial charge in [0.05, 0.1) is 10.9 Å². The van der Waals surface area contributed by atoms with Gasteiger partial charge < -0.3 is 5.32 Å². The van der Waals surface area contributed by atoms with Crippen molar-refractivity contribution in [1.82, 2.24) is 9.62 Å². The normalized spacial score (nSPS) is 13.8. The van der Waals surface area contributed by atoms with Crippen LogP contribution in [0.2, 0.25) is 0 Å². The third kappa shape index (κ3) is 5.87. The van der Waals surface area contributed by atoms with Crippen LogP contribution in [-0.4, -0.2) is 37.8 Å². The molecule has 2 aromatic carbocycles. The monoisotopic (exact) mass is 453 g/mol. The number of anilines is 1. The summed E-state index contributed by atoms with van der Waals surface area (Å²) in [6.45, 7) is 9.18. The van der Waals surface area contributed by atoms with Gasteiger partial charge in [-0.2, -0.15) is 4.31 Å². The minimum Gasteiger partial charge on any atom is -0.325 e. The van der Waals surface area contributed by atoms with Crippen molar-refractivity contribution in [3.05, 3.63) is 59.2 Å². The number of hydrogen-bond acceptors (Lipinski definition) is 4. The predicted octanol–water partition coefficient (Wildman–Crippen LogP) is 3.98. The second-order valence-electron chi connectivity index (χ2n) is 7.33. The first-order valence-corrected chi connectivity index (χ1v) is 11.6. The zero-order chi connectivity index (χ0) is 23.3. The molecule has 2 rings (SSSR count). The Morgan fingerprint density at radius 3 is 2.29 bits per heavy atom. The van der Waals surface area contributed by atoms with Gasteiger partial charge in [0.25, 0.3) is 0 Å². The van der Waals surface area contributed by atoms with Crippen LogP contribution in [0, 0.1) is 18.6 Å². The Bertz CT molecular complexity index is 1040. The molecule has 0 saturated heterocycles. The molecule has 0 heterocycles. The van der Waals surface area contributed by atoms with Gasteiger partial charge in [-0.25, -0.2) is 17.2 Å². The zero-order valence-corrected chi connectivity index (χ0v) is 19.2. The molecular weight excluding hydrogens is 424 g/mol. The van der Waals surface area contributed by atoms with Gasteiger partial charge >= 0.3 is 0 Å². The average molecular weight is 454 g/mol. The third-order valence-electron chi connectivity index (χ3n) is 5.10. The number of nitrogens with one attached hydrogen (secondary N) is 2. The molecule has 0 saturated carbocycles. The van der Waals surface area contributed by atoms with Crippen LogP contribution in [-0.2, 0) is 14.8 Å². The molecule has 6 nitrogen and oxygen atoms in total. The fraction of sp³-hybridized carbons (Fsp3) is 0.409. The summed E-state index contributed by atoms with van der Waals surface area (Å²) in [6.07, 6.45) is 0. The summed E-state index contributed by atoms with van der Waals surface area (Å²) >= 11 is 0. The molecule has 0 fully saturated rings. The maximum atomic E-state index is 14.0. The number of carbonyl (C=O) groups is 1. The Labute approximate surface area is 182 Å².